The fraction of sp³-hybridized carbons (Fsp3) is 0.462. The molecule has 0 N–H and O–H groups in total. The molecule has 1 heterocycles. The lowest BCUT2D eigenvalue weighted by Crippen LogP contribution is -2.30. The van der Waals surface area contributed by atoms with E-state index < -0.39 is 0 Å². The monoisotopic (exact) mass is 255 g/mol. The minimum atomic E-state index is -0.274. The fourth-order valence-electron chi connectivity index (χ4n) is 2.07. The predicted octanol–water partition coefficient (Wildman–Crippen LogP) is 2.46. The third-order valence-electron chi connectivity index (χ3n) is 3.13. The molecule has 1 aromatic carbocycles. The molecule has 0 aromatic heterocycles. The van der Waals surface area contributed by atoms with E-state index in [0.29, 0.717) is 18.2 Å². The molecule has 0 spiro atoms. The Morgan fingerprint density at radius 2 is 2.12 bits per heavy atom. The minimum absolute atomic E-state index is 0.101. The van der Waals surface area contributed by atoms with Gasteiger partial charge in [-0.15, -0.1) is 11.6 Å². The number of hydrogen-bond acceptors (Lipinski definition) is 1. The second kappa shape index (κ2) is 5.50. The van der Waals surface area contributed by atoms with Gasteiger partial charge in [-0.25, -0.2) is 4.39 Å². The summed E-state index contributed by atoms with van der Waals surface area (Å²) in [5, 5.41) is 0. The lowest BCUT2D eigenvalue weighted by Gasteiger charge is -2.16. The largest absolute Gasteiger partial charge is 0.342 e. The maximum Gasteiger partial charge on any atom is 0.226 e. The number of benzene rings is 1. The van der Waals surface area contributed by atoms with Crippen molar-refractivity contribution < 1.29 is 9.18 Å². The molecule has 1 atom stereocenters. The van der Waals surface area contributed by atoms with Gasteiger partial charge in [0.25, 0.3) is 0 Å². The van der Waals surface area contributed by atoms with Gasteiger partial charge < -0.3 is 4.90 Å². The number of amides is 1. The number of nitrogens with zero attached hydrogens (tertiary/aromatic N) is 1. The molecular formula is C13H15ClFNO. The zero-order valence-electron chi connectivity index (χ0n) is 9.53. The maximum absolute atomic E-state index is 12.7. The molecule has 1 aliphatic rings. The van der Waals surface area contributed by atoms with E-state index in [2.05, 4.69) is 0 Å². The Morgan fingerprint density at radius 1 is 1.41 bits per heavy atom. The van der Waals surface area contributed by atoms with Crippen molar-refractivity contribution in [3.05, 3.63) is 35.6 Å². The van der Waals surface area contributed by atoms with Crippen LogP contribution in [0.5, 0.6) is 0 Å². The molecule has 1 unspecified atom stereocenters. The van der Waals surface area contributed by atoms with Crippen molar-refractivity contribution in [3.8, 4) is 0 Å². The van der Waals surface area contributed by atoms with E-state index >= 15 is 0 Å². The van der Waals surface area contributed by atoms with Crippen LogP contribution in [0.2, 0.25) is 0 Å². The normalized spacial score (nSPS) is 19.6. The van der Waals surface area contributed by atoms with Crippen molar-refractivity contribution in [2.24, 2.45) is 5.92 Å². The molecule has 0 radical (unpaired) electrons. The predicted molar refractivity (Wildman–Crippen MR) is 65.5 cm³/mol. The first-order valence-electron chi connectivity index (χ1n) is 5.77. The summed E-state index contributed by atoms with van der Waals surface area (Å²) < 4.78 is 12.7. The van der Waals surface area contributed by atoms with Gasteiger partial charge in [-0.05, 0) is 30.0 Å². The molecule has 4 heteroatoms. The van der Waals surface area contributed by atoms with Gasteiger partial charge in [-0.3, -0.25) is 4.79 Å². The highest BCUT2D eigenvalue weighted by Gasteiger charge is 2.25. The number of rotatable bonds is 3. The zero-order valence-corrected chi connectivity index (χ0v) is 10.3. The van der Waals surface area contributed by atoms with E-state index in [1.54, 1.807) is 12.1 Å². The third-order valence-corrected chi connectivity index (χ3v) is 3.56. The Kier molecular flexibility index (Phi) is 4.00. The summed E-state index contributed by atoms with van der Waals surface area (Å²) >= 11 is 5.78. The summed E-state index contributed by atoms with van der Waals surface area (Å²) in [6.07, 6.45) is 1.33. The highest BCUT2D eigenvalue weighted by atomic mass is 35.5. The first kappa shape index (κ1) is 12.4. The fourth-order valence-corrected chi connectivity index (χ4v) is 2.33. The first-order valence-corrected chi connectivity index (χ1v) is 6.30. The van der Waals surface area contributed by atoms with Crippen molar-refractivity contribution >= 4 is 17.5 Å². The second-order valence-electron chi connectivity index (χ2n) is 4.45. The van der Waals surface area contributed by atoms with Gasteiger partial charge in [0.15, 0.2) is 0 Å². The Balaban J connectivity index is 1.91. The molecule has 92 valence electrons. The average Bonchev–Trinajstić information content (AvgIpc) is 2.81. The molecule has 0 bridgehead atoms. The van der Waals surface area contributed by atoms with Crippen molar-refractivity contribution in [2.45, 2.75) is 12.8 Å². The van der Waals surface area contributed by atoms with E-state index in [-0.39, 0.29) is 11.7 Å². The van der Waals surface area contributed by atoms with Crippen LogP contribution < -0.4 is 0 Å². The van der Waals surface area contributed by atoms with E-state index in [1.807, 2.05) is 4.90 Å². The van der Waals surface area contributed by atoms with Crippen LogP contribution >= 0.6 is 11.6 Å². The number of carbonyl (C=O) groups is 1. The first-order chi connectivity index (χ1) is 8.19. The number of likely N-dealkylation sites (tertiary alicyclic amines) is 1. The molecule has 1 aliphatic heterocycles. The van der Waals surface area contributed by atoms with Crippen molar-refractivity contribution in [1.82, 2.24) is 4.90 Å². The summed E-state index contributed by atoms with van der Waals surface area (Å²) in [5.74, 6) is 0.864. The summed E-state index contributed by atoms with van der Waals surface area (Å²) in [6, 6.07) is 6.08. The highest BCUT2D eigenvalue weighted by molar-refractivity contribution is 6.18. The molecule has 0 saturated carbocycles. The topological polar surface area (TPSA) is 20.3 Å². The van der Waals surface area contributed by atoms with Gasteiger partial charge in [0.05, 0.1) is 6.42 Å². The Morgan fingerprint density at radius 3 is 2.71 bits per heavy atom. The van der Waals surface area contributed by atoms with Gasteiger partial charge in [0.1, 0.15) is 5.82 Å². The van der Waals surface area contributed by atoms with E-state index in [1.165, 1.54) is 12.1 Å². The molecular weight excluding hydrogens is 241 g/mol. The van der Waals surface area contributed by atoms with Crippen LogP contribution in [0, 0.1) is 11.7 Å². The molecule has 17 heavy (non-hydrogen) atoms. The smallest absolute Gasteiger partial charge is 0.226 e. The van der Waals surface area contributed by atoms with Gasteiger partial charge in [-0.1, -0.05) is 12.1 Å². The second-order valence-corrected chi connectivity index (χ2v) is 4.76. The molecule has 2 nitrogen and oxygen atoms in total. The van der Waals surface area contributed by atoms with E-state index in [0.717, 1.165) is 25.1 Å². The van der Waals surface area contributed by atoms with Crippen molar-refractivity contribution in [1.29, 1.82) is 0 Å². The average molecular weight is 256 g/mol. The van der Waals surface area contributed by atoms with Crippen molar-refractivity contribution in [2.75, 3.05) is 19.0 Å². The van der Waals surface area contributed by atoms with Crippen LogP contribution in [0.25, 0.3) is 0 Å². The summed E-state index contributed by atoms with van der Waals surface area (Å²) in [6.45, 7) is 1.54. The molecule has 1 amide bonds. The quantitative estimate of drug-likeness (QED) is 0.760. The minimum Gasteiger partial charge on any atom is -0.342 e. The summed E-state index contributed by atoms with van der Waals surface area (Å²) in [5.41, 5.74) is 0.853. The van der Waals surface area contributed by atoms with Crippen LogP contribution in [0.4, 0.5) is 4.39 Å². The van der Waals surface area contributed by atoms with Crippen LogP contribution in [0.1, 0.15) is 12.0 Å². The Labute approximate surface area is 105 Å². The molecule has 1 fully saturated rings. The molecule has 1 aromatic rings. The summed E-state index contributed by atoms with van der Waals surface area (Å²) in [4.78, 5) is 13.8. The van der Waals surface area contributed by atoms with Gasteiger partial charge in [-0.2, -0.15) is 0 Å². The zero-order chi connectivity index (χ0) is 12.3. The Hall–Kier alpha value is -1.09. The number of halogens is 2. The van der Waals surface area contributed by atoms with Gasteiger partial charge in [0, 0.05) is 19.0 Å². The van der Waals surface area contributed by atoms with Gasteiger partial charge >= 0.3 is 0 Å². The molecule has 1 saturated heterocycles. The lowest BCUT2D eigenvalue weighted by atomic mass is 10.1. The van der Waals surface area contributed by atoms with Crippen LogP contribution in [-0.2, 0) is 11.2 Å². The standard InChI is InChI=1S/C13H15ClFNO/c14-8-11-5-6-16(9-11)13(17)7-10-1-3-12(15)4-2-10/h1-4,11H,5-9H2. The van der Waals surface area contributed by atoms with Crippen molar-refractivity contribution in [3.63, 3.8) is 0 Å². The van der Waals surface area contributed by atoms with Crippen LogP contribution in [-0.4, -0.2) is 29.8 Å². The maximum atomic E-state index is 12.7. The van der Waals surface area contributed by atoms with E-state index in [9.17, 15) is 9.18 Å². The van der Waals surface area contributed by atoms with Crippen LogP contribution in [0.3, 0.4) is 0 Å². The number of alkyl halides is 1. The number of hydrogen-bond donors (Lipinski definition) is 0. The SMILES string of the molecule is O=C(Cc1ccc(F)cc1)N1CCC(CCl)C1. The highest BCUT2D eigenvalue weighted by Crippen LogP contribution is 2.18. The summed E-state index contributed by atoms with van der Waals surface area (Å²) in [7, 11) is 0. The molecule has 0 aliphatic carbocycles. The van der Waals surface area contributed by atoms with Crippen LogP contribution in [0.15, 0.2) is 24.3 Å². The number of carbonyl (C=O) groups excluding carboxylic acids is 1. The molecule has 2 rings (SSSR count). The Bertz CT molecular complexity index is 393. The van der Waals surface area contributed by atoms with Gasteiger partial charge in [0.2, 0.25) is 5.91 Å². The van der Waals surface area contributed by atoms with E-state index in [4.69, 9.17) is 11.6 Å². The lowest BCUT2D eigenvalue weighted by molar-refractivity contribution is -0.129. The third kappa shape index (κ3) is 3.19.